The molecule has 0 saturated carbocycles. The zero-order chi connectivity index (χ0) is 14.5. The van der Waals surface area contributed by atoms with Crippen LogP contribution >= 0.6 is 0 Å². The second-order valence-electron chi connectivity index (χ2n) is 5.61. The molecule has 1 saturated heterocycles. The van der Waals surface area contributed by atoms with Crippen molar-refractivity contribution in [2.75, 3.05) is 31.2 Å². The lowest BCUT2D eigenvalue weighted by molar-refractivity contribution is 0.0987. The van der Waals surface area contributed by atoms with Crippen LogP contribution in [0.5, 0.6) is 0 Å². The van der Waals surface area contributed by atoms with Crippen molar-refractivity contribution in [3.63, 3.8) is 0 Å². The predicted octanol–water partition coefficient (Wildman–Crippen LogP) is 1.93. The van der Waals surface area contributed by atoms with Gasteiger partial charge in [-0.05, 0) is 13.5 Å². The second kappa shape index (κ2) is 6.99. The molecule has 0 amide bonds. The highest BCUT2D eigenvalue weighted by atomic mass is 16.5. The van der Waals surface area contributed by atoms with Crippen molar-refractivity contribution in [1.82, 2.24) is 15.3 Å². The molecular weight excluding hydrogens is 252 g/mol. The van der Waals surface area contributed by atoms with Gasteiger partial charge in [-0.3, -0.25) is 0 Å². The van der Waals surface area contributed by atoms with Gasteiger partial charge in [0.2, 0.25) is 0 Å². The first-order valence-electron chi connectivity index (χ1n) is 7.54. The third-order valence-electron chi connectivity index (χ3n) is 3.60. The van der Waals surface area contributed by atoms with Gasteiger partial charge in [-0.25, -0.2) is 9.97 Å². The van der Waals surface area contributed by atoms with Gasteiger partial charge in [0.25, 0.3) is 0 Å². The van der Waals surface area contributed by atoms with Crippen LogP contribution in [-0.2, 0) is 11.3 Å². The lowest BCUT2D eigenvalue weighted by atomic mass is 10.1. The number of aromatic nitrogens is 2. The number of rotatable bonds is 5. The minimum Gasteiger partial charge on any atom is -0.377 e. The quantitative estimate of drug-likeness (QED) is 0.892. The third kappa shape index (κ3) is 3.46. The molecule has 0 aromatic carbocycles. The fraction of sp³-hybridized carbons (Fsp3) is 0.733. The highest BCUT2D eigenvalue weighted by Crippen LogP contribution is 2.24. The number of hydrogen-bond donors (Lipinski definition) is 1. The SMILES string of the molecule is CCNCc1nc(C(C)C)ncc1N1CCOCC1C. The highest BCUT2D eigenvalue weighted by Gasteiger charge is 2.23. The molecule has 20 heavy (non-hydrogen) atoms. The molecule has 0 spiro atoms. The van der Waals surface area contributed by atoms with Crippen LogP contribution in [0.25, 0.3) is 0 Å². The second-order valence-corrected chi connectivity index (χ2v) is 5.61. The van der Waals surface area contributed by atoms with Crippen molar-refractivity contribution in [3.05, 3.63) is 17.7 Å². The van der Waals surface area contributed by atoms with Gasteiger partial charge in [0.15, 0.2) is 0 Å². The van der Waals surface area contributed by atoms with Crippen molar-refractivity contribution in [2.24, 2.45) is 0 Å². The Labute approximate surface area is 121 Å². The molecule has 112 valence electrons. The topological polar surface area (TPSA) is 50.3 Å². The fourth-order valence-corrected chi connectivity index (χ4v) is 2.40. The molecule has 1 aliphatic heterocycles. The van der Waals surface area contributed by atoms with Crippen LogP contribution in [0.3, 0.4) is 0 Å². The maximum atomic E-state index is 5.52. The van der Waals surface area contributed by atoms with E-state index in [9.17, 15) is 0 Å². The van der Waals surface area contributed by atoms with Gasteiger partial charge in [-0.15, -0.1) is 0 Å². The van der Waals surface area contributed by atoms with Gasteiger partial charge in [0.1, 0.15) is 5.82 Å². The molecular formula is C15H26N4O. The summed E-state index contributed by atoms with van der Waals surface area (Å²) >= 11 is 0. The van der Waals surface area contributed by atoms with E-state index in [1.165, 1.54) is 0 Å². The Morgan fingerprint density at radius 1 is 1.50 bits per heavy atom. The monoisotopic (exact) mass is 278 g/mol. The van der Waals surface area contributed by atoms with Crippen LogP contribution < -0.4 is 10.2 Å². The normalized spacial score (nSPS) is 19.6. The number of nitrogens with zero attached hydrogens (tertiary/aromatic N) is 3. The summed E-state index contributed by atoms with van der Waals surface area (Å²) in [6.45, 7) is 12.7. The third-order valence-corrected chi connectivity index (χ3v) is 3.60. The van der Waals surface area contributed by atoms with E-state index in [0.717, 1.165) is 50.1 Å². The largest absolute Gasteiger partial charge is 0.377 e. The van der Waals surface area contributed by atoms with E-state index in [1.54, 1.807) is 0 Å². The van der Waals surface area contributed by atoms with Gasteiger partial charge in [0, 0.05) is 25.0 Å². The average molecular weight is 278 g/mol. The molecule has 0 radical (unpaired) electrons. The summed E-state index contributed by atoms with van der Waals surface area (Å²) < 4.78 is 5.52. The van der Waals surface area contributed by atoms with Gasteiger partial charge in [0.05, 0.1) is 30.8 Å². The van der Waals surface area contributed by atoms with E-state index in [0.29, 0.717) is 12.0 Å². The Hall–Kier alpha value is -1.20. The molecule has 2 heterocycles. The standard InChI is InChI=1S/C15H26N4O/c1-5-16-8-13-14(9-17-15(18-13)11(2)3)19-6-7-20-10-12(19)4/h9,11-12,16H,5-8,10H2,1-4H3. The molecule has 2 rings (SSSR count). The molecule has 1 aromatic rings. The van der Waals surface area contributed by atoms with Crippen molar-refractivity contribution in [2.45, 2.75) is 46.2 Å². The number of anilines is 1. The number of nitrogens with one attached hydrogen (secondary N) is 1. The van der Waals surface area contributed by atoms with Gasteiger partial charge in [-0.2, -0.15) is 0 Å². The zero-order valence-electron chi connectivity index (χ0n) is 13.0. The zero-order valence-corrected chi connectivity index (χ0v) is 13.0. The molecule has 1 unspecified atom stereocenters. The summed E-state index contributed by atoms with van der Waals surface area (Å²) in [7, 11) is 0. The van der Waals surface area contributed by atoms with Gasteiger partial charge < -0.3 is 15.0 Å². The Bertz CT molecular complexity index is 436. The molecule has 0 aliphatic carbocycles. The molecule has 1 aliphatic rings. The van der Waals surface area contributed by atoms with E-state index >= 15 is 0 Å². The van der Waals surface area contributed by atoms with Crippen LogP contribution in [0.2, 0.25) is 0 Å². The Morgan fingerprint density at radius 3 is 2.95 bits per heavy atom. The summed E-state index contributed by atoms with van der Waals surface area (Å²) in [4.78, 5) is 11.7. The molecule has 5 nitrogen and oxygen atoms in total. The lowest BCUT2D eigenvalue weighted by Gasteiger charge is -2.36. The first kappa shape index (κ1) is 15.2. The predicted molar refractivity (Wildman–Crippen MR) is 81.1 cm³/mol. The minimum absolute atomic E-state index is 0.353. The van der Waals surface area contributed by atoms with Gasteiger partial charge >= 0.3 is 0 Å². The average Bonchev–Trinajstić information content (AvgIpc) is 2.45. The first-order chi connectivity index (χ1) is 9.63. The Morgan fingerprint density at radius 2 is 2.30 bits per heavy atom. The highest BCUT2D eigenvalue weighted by molar-refractivity contribution is 5.50. The van der Waals surface area contributed by atoms with E-state index < -0.39 is 0 Å². The maximum Gasteiger partial charge on any atom is 0.131 e. The maximum absolute atomic E-state index is 5.52. The summed E-state index contributed by atoms with van der Waals surface area (Å²) in [5.41, 5.74) is 2.24. The smallest absolute Gasteiger partial charge is 0.131 e. The Kier molecular flexibility index (Phi) is 5.31. The van der Waals surface area contributed by atoms with E-state index in [4.69, 9.17) is 9.72 Å². The lowest BCUT2D eigenvalue weighted by Crippen LogP contribution is -2.44. The van der Waals surface area contributed by atoms with Crippen LogP contribution in [0.15, 0.2) is 6.20 Å². The summed E-state index contributed by atoms with van der Waals surface area (Å²) in [5, 5.41) is 3.38. The molecule has 1 fully saturated rings. The molecule has 0 bridgehead atoms. The first-order valence-corrected chi connectivity index (χ1v) is 7.54. The summed E-state index contributed by atoms with van der Waals surface area (Å²) in [5.74, 6) is 1.27. The molecule has 1 atom stereocenters. The Balaban J connectivity index is 2.29. The molecule has 1 aromatic heterocycles. The molecule has 5 heteroatoms. The number of hydrogen-bond acceptors (Lipinski definition) is 5. The van der Waals surface area contributed by atoms with Crippen molar-refractivity contribution in [3.8, 4) is 0 Å². The molecule has 1 N–H and O–H groups in total. The van der Waals surface area contributed by atoms with Crippen molar-refractivity contribution < 1.29 is 4.74 Å². The van der Waals surface area contributed by atoms with Gasteiger partial charge in [-0.1, -0.05) is 20.8 Å². The van der Waals surface area contributed by atoms with Crippen molar-refractivity contribution in [1.29, 1.82) is 0 Å². The van der Waals surface area contributed by atoms with E-state index in [1.807, 2.05) is 6.20 Å². The van der Waals surface area contributed by atoms with Crippen molar-refractivity contribution >= 4 is 5.69 Å². The minimum atomic E-state index is 0.353. The summed E-state index contributed by atoms with van der Waals surface area (Å²) in [6.07, 6.45) is 1.98. The van der Waals surface area contributed by atoms with E-state index in [-0.39, 0.29) is 0 Å². The van der Waals surface area contributed by atoms with Crippen LogP contribution in [0.1, 0.15) is 45.1 Å². The number of ether oxygens (including phenoxy) is 1. The van der Waals surface area contributed by atoms with E-state index in [2.05, 4.69) is 42.9 Å². The van der Waals surface area contributed by atoms with Crippen LogP contribution in [0.4, 0.5) is 5.69 Å². The fourth-order valence-electron chi connectivity index (χ4n) is 2.40. The number of morpholine rings is 1. The van der Waals surface area contributed by atoms with Crippen LogP contribution in [0, 0.1) is 0 Å². The summed E-state index contributed by atoms with van der Waals surface area (Å²) in [6, 6.07) is 0.373. The van der Waals surface area contributed by atoms with Crippen LogP contribution in [-0.4, -0.2) is 42.3 Å².